The summed E-state index contributed by atoms with van der Waals surface area (Å²) in [5.74, 6) is -0.769. The molecule has 0 atom stereocenters. The van der Waals surface area contributed by atoms with Crippen molar-refractivity contribution in [3.8, 4) is 5.69 Å². The Morgan fingerprint density at radius 3 is 2.61 bits per heavy atom. The van der Waals surface area contributed by atoms with Crippen molar-refractivity contribution in [1.29, 1.82) is 0 Å². The van der Waals surface area contributed by atoms with E-state index < -0.39 is 5.91 Å². The van der Waals surface area contributed by atoms with Gasteiger partial charge in [-0.3, -0.25) is 9.59 Å². The Bertz CT molecular complexity index is 1080. The van der Waals surface area contributed by atoms with Crippen LogP contribution in [0.5, 0.6) is 0 Å². The number of benzene rings is 1. The number of amides is 2. The first-order valence-corrected chi connectivity index (χ1v) is 9.69. The molecule has 2 heterocycles. The van der Waals surface area contributed by atoms with Gasteiger partial charge in [-0.1, -0.05) is 23.2 Å². The fourth-order valence-corrected chi connectivity index (χ4v) is 3.67. The van der Waals surface area contributed by atoms with Gasteiger partial charge in [-0.05, 0) is 58.7 Å². The third-order valence-corrected chi connectivity index (χ3v) is 4.97. The highest BCUT2D eigenvalue weighted by molar-refractivity contribution is 9.10. The Balaban J connectivity index is 2.05. The minimum absolute atomic E-state index is 0.258. The molecule has 9 heteroatoms. The minimum atomic E-state index is -0.416. The molecule has 144 valence electrons. The Morgan fingerprint density at radius 2 is 1.93 bits per heavy atom. The molecule has 0 aliphatic heterocycles. The zero-order valence-electron chi connectivity index (χ0n) is 14.9. The van der Waals surface area contributed by atoms with Crippen molar-refractivity contribution in [2.24, 2.45) is 0 Å². The quantitative estimate of drug-likeness (QED) is 0.522. The maximum atomic E-state index is 13.1. The van der Waals surface area contributed by atoms with E-state index in [0.717, 1.165) is 0 Å². The lowest BCUT2D eigenvalue weighted by Crippen LogP contribution is -2.23. The molecule has 0 unspecified atom stereocenters. The maximum Gasteiger partial charge on any atom is 0.272 e. The van der Waals surface area contributed by atoms with Crippen LogP contribution in [0.2, 0.25) is 10.2 Å². The Labute approximate surface area is 180 Å². The van der Waals surface area contributed by atoms with Crippen LogP contribution < -0.4 is 10.6 Å². The summed E-state index contributed by atoms with van der Waals surface area (Å²) in [6.45, 7) is 1.76. The van der Waals surface area contributed by atoms with E-state index >= 15 is 0 Å². The predicted octanol–water partition coefficient (Wildman–Crippen LogP) is 4.86. The Morgan fingerprint density at radius 1 is 1.18 bits per heavy atom. The fourth-order valence-electron chi connectivity index (χ4n) is 2.76. The number of hydrogen-bond donors (Lipinski definition) is 2. The van der Waals surface area contributed by atoms with Crippen LogP contribution in [0.25, 0.3) is 5.69 Å². The summed E-state index contributed by atoms with van der Waals surface area (Å²) in [5, 5.41) is 6.03. The molecule has 0 aliphatic carbocycles. The zero-order chi connectivity index (χ0) is 20.4. The van der Waals surface area contributed by atoms with E-state index in [9.17, 15) is 9.59 Å². The van der Waals surface area contributed by atoms with Crippen molar-refractivity contribution in [2.75, 3.05) is 12.4 Å². The number of nitrogens with one attached hydrogen (secondary N) is 2. The number of carbonyl (C=O) groups is 2. The first-order valence-electron chi connectivity index (χ1n) is 8.14. The van der Waals surface area contributed by atoms with Crippen molar-refractivity contribution in [3.63, 3.8) is 0 Å². The standard InChI is InChI=1S/C19H15BrCl2N4O2/c1-10-6-12(21)8-13(18(27)23-2)16(10)25-19(28)15-7-11(20)9-26(15)14-4-3-5-24-17(14)22/h3-9H,1-2H3,(H,23,27)(H,25,28). The maximum absolute atomic E-state index is 13.1. The second-order valence-corrected chi connectivity index (χ2v) is 7.62. The lowest BCUT2D eigenvalue weighted by molar-refractivity contribution is 0.0964. The molecule has 0 saturated heterocycles. The highest BCUT2D eigenvalue weighted by Crippen LogP contribution is 2.28. The van der Waals surface area contributed by atoms with Crippen LogP contribution >= 0.6 is 39.1 Å². The minimum Gasteiger partial charge on any atom is -0.355 e. The molecule has 1 aromatic carbocycles. The smallest absolute Gasteiger partial charge is 0.272 e. The molecule has 0 bridgehead atoms. The summed E-state index contributed by atoms with van der Waals surface area (Å²) in [6, 6.07) is 8.32. The molecule has 0 spiro atoms. The van der Waals surface area contributed by atoms with Gasteiger partial charge in [-0.2, -0.15) is 0 Å². The molecule has 3 rings (SSSR count). The number of rotatable bonds is 4. The van der Waals surface area contributed by atoms with E-state index in [1.807, 2.05) is 0 Å². The molecular weight excluding hydrogens is 467 g/mol. The van der Waals surface area contributed by atoms with E-state index in [0.29, 0.717) is 32.1 Å². The van der Waals surface area contributed by atoms with E-state index in [1.54, 1.807) is 48.1 Å². The molecule has 3 aromatic rings. The first-order chi connectivity index (χ1) is 13.3. The van der Waals surface area contributed by atoms with Gasteiger partial charge in [0.2, 0.25) is 0 Å². The zero-order valence-corrected chi connectivity index (χ0v) is 18.0. The number of aryl methyl sites for hydroxylation is 1. The predicted molar refractivity (Wildman–Crippen MR) is 114 cm³/mol. The van der Waals surface area contributed by atoms with Gasteiger partial charge in [0.1, 0.15) is 5.69 Å². The van der Waals surface area contributed by atoms with Crippen LogP contribution in [0.4, 0.5) is 5.69 Å². The molecule has 28 heavy (non-hydrogen) atoms. The van der Waals surface area contributed by atoms with Crippen molar-refractivity contribution >= 4 is 56.6 Å². The topological polar surface area (TPSA) is 76.0 Å². The molecule has 0 saturated carbocycles. The summed E-state index contributed by atoms with van der Waals surface area (Å²) >= 11 is 15.7. The van der Waals surface area contributed by atoms with Gasteiger partial charge < -0.3 is 15.2 Å². The lowest BCUT2D eigenvalue weighted by Gasteiger charge is -2.15. The van der Waals surface area contributed by atoms with Crippen molar-refractivity contribution < 1.29 is 9.59 Å². The summed E-state index contributed by atoms with van der Waals surface area (Å²) in [4.78, 5) is 29.3. The van der Waals surface area contributed by atoms with Crippen LogP contribution in [-0.4, -0.2) is 28.4 Å². The molecule has 0 radical (unpaired) electrons. The average molecular weight is 482 g/mol. The number of aromatic nitrogens is 2. The van der Waals surface area contributed by atoms with Crippen LogP contribution in [0, 0.1) is 6.92 Å². The van der Waals surface area contributed by atoms with Crippen molar-refractivity contribution in [3.05, 3.63) is 74.2 Å². The molecule has 6 nitrogen and oxygen atoms in total. The average Bonchev–Trinajstić information content (AvgIpc) is 3.05. The van der Waals surface area contributed by atoms with Gasteiger partial charge in [-0.25, -0.2) is 4.98 Å². The third-order valence-electron chi connectivity index (χ3n) is 4.03. The number of pyridine rings is 1. The number of nitrogens with zero attached hydrogens (tertiary/aromatic N) is 2. The normalized spacial score (nSPS) is 10.6. The number of anilines is 1. The second kappa shape index (κ2) is 8.34. The molecule has 0 aliphatic rings. The van der Waals surface area contributed by atoms with E-state index in [1.165, 1.54) is 13.1 Å². The van der Waals surface area contributed by atoms with Crippen LogP contribution in [0.3, 0.4) is 0 Å². The van der Waals surface area contributed by atoms with Crippen molar-refractivity contribution in [1.82, 2.24) is 14.9 Å². The van der Waals surface area contributed by atoms with Gasteiger partial charge in [0.25, 0.3) is 11.8 Å². The SMILES string of the molecule is CNC(=O)c1cc(Cl)cc(C)c1NC(=O)c1cc(Br)cn1-c1cccnc1Cl. The number of carbonyl (C=O) groups excluding carboxylic acids is 2. The van der Waals surface area contributed by atoms with Gasteiger partial charge in [-0.15, -0.1) is 0 Å². The Hall–Kier alpha value is -2.35. The van der Waals surface area contributed by atoms with Gasteiger partial charge >= 0.3 is 0 Å². The fraction of sp³-hybridized carbons (Fsp3) is 0.105. The van der Waals surface area contributed by atoms with Gasteiger partial charge in [0, 0.05) is 28.9 Å². The highest BCUT2D eigenvalue weighted by Gasteiger charge is 2.20. The number of halogens is 3. The summed E-state index contributed by atoms with van der Waals surface area (Å²) < 4.78 is 2.32. The van der Waals surface area contributed by atoms with Crippen LogP contribution in [0.1, 0.15) is 26.4 Å². The van der Waals surface area contributed by atoms with Gasteiger partial charge in [0.05, 0.1) is 16.9 Å². The second-order valence-electron chi connectivity index (χ2n) is 5.91. The van der Waals surface area contributed by atoms with Gasteiger partial charge in [0.15, 0.2) is 5.15 Å². The van der Waals surface area contributed by atoms with E-state index in [-0.39, 0.29) is 16.6 Å². The summed E-state index contributed by atoms with van der Waals surface area (Å²) in [5.41, 5.74) is 2.20. The molecule has 2 N–H and O–H groups in total. The highest BCUT2D eigenvalue weighted by atomic mass is 79.9. The molecule has 2 amide bonds. The molecule has 0 fully saturated rings. The van der Waals surface area contributed by atoms with Crippen molar-refractivity contribution in [2.45, 2.75) is 6.92 Å². The van der Waals surface area contributed by atoms with E-state index in [4.69, 9.17) is 23.2 Å². The largest absolute Gasteiger partial charge is 0.355 e. The summed E-state index contributed by atoms with van der Waals surface area (Å²) in [6.07, 6.45) is 3.28. The monoisotopic (exact) mass is 480 g/mol. The lowest BCUT2D eigenvalue weighted by atomic mass is 10.1. The van der Waals surface area contributed by atoms with E-state index in [2.05, 4.69) is 31.5 Å². The first kappa shape index (κ1) is 20.4. The molecule has 2 aromatic heterocycles. The molecular formula is C19H15BrCl2N4O2. The third kappa shape index (κ3) is 4.06. The number of hydrogen-bond acceptors (Lipinski definition) is 3. The van der Waals surface area contributed by atoms with Crippen LogP contribution in [-0.2, 0) is 0 Å². The Kier molecular flexibility index (Phi) is 6.07. The van der Waals surface area contributed by atoms with Crippen LogP contribution in [0.15, 0.2) is 47.2 Å². The summed E-state index contributed by atoms with van der Waals surface area (Å²) in [7, 11) is 1.51.